The molecule has 150 valence electrons. The minimum absolute atomic E-state index is 0.313. The summed E-state index contributed by atoms with van der Waals surface area (Å²) in [4.78, 5) is 15.8. The van der Waals surface area contributed by atoms with E-state index >= 15 is 0 Å². The highest BCUT2D eigenvalue weighted by Crippen LogP contribution is 2.22. The van der Waals surface area contributed by atoms with Crippen LogP contribution in [0, 0.1) is 12.8 Å². The largest absolute Gasteiger partial charge is 0.376 e. The van der Waals surface area contributed by atoms with Gasteiger partial charge in [0.1, 0.15) is 0 Å². The number of hydrogen-bond donors (Lipinski definition) is 0. The fraction of sp³-hybridized carbons (Fsp3) is 0.458. The first-order chi connectivity index (χ1) is 13.7. The number of rotatable bonds is 9. The molecule has 1 aliphatic rings. The van der Waals surface area contributed by atoms with Gasteiger partial charge in [-0.05, 0) is 55.6 Å². The Bertz CT molecular complexity index is 709. The fourth-order valence-electron chi connectivity index (χ4n) is 3.47. The number of hydrogen-bond acceptors (Lipinski definition) is 3. The molecule has 0 radical (unpaired) electrons. The summed E-state index contributed by atoms with van der Waals surface area (Å²) in [7, 11) is 0. The second-order valence-electron chi connectivity index (χ2n) is 7.59. The third-order valence-corrected chi connectivity index (χ3v) is 6.36. The number of likely N-dealkylation sites (tertiary alicyclic amines) is 1. The third kappa shape index (κ3) is 6.99. The summed E-state index contributed by atoms with van der Waals surface area (Å²) in [5.41, 5.74) is 2.51. The van der Waals surface area contributed by atoms with Crippen molar-refractivity contribution in [1.29, 1.82) is 0 Å². The Morgan fingerprint density at radius 1 is 1.07 bits per heavy atom. The summed E-state index contributed by atoms with van der Waals surface area (Å²) in [6.07, 6.45) is 3.71. The van der Waals surface area contributed by atoms with Gasteiger partial charge in [-0.1, -0.05) is 48.0 Å². The molecule has 0 aromatic heterocycles. The van der Waals surface area contributed by atoms with Gasteiger partial charge in [-0.25, -0.2) is 0 Å². The Labute approximate surface area is 173 Å². The lowest BCUT2D eigenvalue weighted by Crippen LogP contribution is -2.39. The lowest BCUT2D eigenvalue weighted by atomic mass is 9.97. The first-order valence-corrected chi connectivity index (χ1v) is 11.3. The molecule has 4 heteroatoms. The molecule has 28 heavy (non-hydrogen) atoms. The van der Waals surface area contributed by atoms with Crippen LogP contribution in [-0.2, 0) is 16.1 Å². The highest BCUT2D eigenvalue weighted by Gasteiger charge is 2.22. The van der Waals surface area contributed by atoms with Crippen molar-refractivity contribution in [1.82, 2.24) is 4.90 Å². The Balaban J connectivity index is 1.26. The Hall–Kier alpha value is -1.78. The fourth-order valence-corrected chi connectivity index (χ4v) is 4.33. The predicted octanol–water partition coefficient (Wildman–Crippen LogP) is 5.32. The molecule has 1 saturated heterocycles. The van der Waals surface area contributed by atoms with E-state index in [9.17, 15) is 4.79 Å². The van der Waals surface area contributed by atoms with E-state index in [2.05, 4.69) is 43.3 Å². The zero-order valence-corrected chi connectivity index (χ0v) is 17.6. The van der Waals surface area contributed by atoms with Crippen molar-refractivity contribution >= 4 is 17.7 Å². The van der Waals surface area contributed by atoms with Gasteiger partial charge in [0.15, 0.2) is 0 Å². The van der Waals surface area contributed by atoms with Gasteiger partial charge in [-0.2, -0.15) is 0 Å². The normalized spacial score (nSPS) is 15.0. The topological polar surface area (TPSA) is 29.5 Å². The Kier molecular flexibility index (Phi) is 8.43. The van der Waals surface area contributed by atoms with Crippen LogP contribution in [0.5, 0.6) is 0 Å². The highest BCUT2D eigenvalue weighted by molar-refractivity contribution is 7.99. The van der Waals surface area contributed by atoms with Gasteiger partial charge in [0.05, 0.1) is 6.61 Å². The average Bonchev–Trinajstić information content (AvgIpc) is 2.73. The van der Waals surface area contributed by atoms with Crippen LogP contribution >= 0.6 is 11.8 Å². The van der Waals surface area contributed by atoms with Crippen molar-refractivity contribution in [3.05, 3.63) is 65.7 Å². The number of nitrogens with zero attached hydrogens (tertiary/aromatic N) is 1. The van der Waals surface area contributed by atoms with E-state index in [1.165, 1.54) is 16.0 Å². The number of carbonyl (C=O) groups is 1. The molecule has 0 atom stereocenters. The van der Waals surface area contributed by atoms with Crippen molar-refractivity contribution in [2.45, 2.75) is 44.1 Å². The van der Waals surface area contributed by atoms with Crippen LogP contribution in [-0.4, -0.2) is 36.3 Å². The molecule has 1 aliphatic heterocycles. The van der Waals surface area contributed by atoms with E-state index in [1.807, 2.05) is 34.9 Å². The number of aryl methyl sites for hydroxylation is 1. The summed E-state index contributed by atoms with van der Waals surface area (Å²) in [5, 5.41) is 0. The molecule has 3 rings (SSSR count). The molecule has 2 aromatic carbocycles. The molecule has 1 fully saturated rings. The molecule has 0 N–H and O–H groups in total. The molecule has 0 unspecified atom stereocenters. The first kappa shape index (κ1) is 20.9. The molecule has 0 aliphatic carbocycles. The monoisotopic (exact) mass is 397 g/mol. The number of benzene rings is 2. The quantitative estimate of drug-likeness (QED) is 0.423. The molecular weight excluding hydrogens is 366 g/mol. The van der Waals surface area contributed by atoms with Crippen LogP contribution in [0.25, 0.3) is 0 Å². The number of thioether (sulfide) groups is 1. The van der Waals surface area contributed by atoms with Crippen molar-refractivity contribution in [3.63, 3.8) is 0 Å². The second-order valence-corrected chi connectivity index (χ2v) is 8.76. The van der Waals surface area contributed by atoms with Crippen molar-refractivity contribution in [2.75, 3.05) is 25.4 Å². The van der Waals surface area contributed by atoms with Crippen molar-refractivity contribution in [3.8, 4) is 0 Å². The number of piperidine rings is 1. The van der Waals surface area contributed by atoms with E-state index in [0.717, 1.165) is 44.7 Å². The molecular formula is C24H31NO2S. The summed E-state index contributed by atoms with van der Waals surface area (Å²) < 4.78 is 5.88. The number of ether oxygens (including phenoxy) is 1. The first-order valence-electron chi connectivity index (χ1n) is 10.3. The van der Waals surface area contributed by atoms with Crippen LogP contribution < -0.4 is 0 Å². The second kappa shape index (κ2) is 11.3. The van der Waals surface area contributed by atoms with Crippen LogP contribution in [0.1, 0.15) is 36.8 Å². The highest BCUT2D eigenvalue weighted by atomic mass is 32.2. The van der Waals surface area contributed by atoms with Gasteiger partial charge >= 0.3 is 0 Å². The van der Waals surface area contributed by atoms with E-state index in [4.69, 9.17) is 4.74 Å². The van der Waals surface area contributed by atoms with Gasteiger partial charge in [-0.15, -0.1) is 11.8 Å². The molecule has 1 heterocycles. The molecule has 0 saturated carbocycles. The average molecular weight is 398 g/mol. The summed E-state index contributed by atoms with van der Waals surface area (Å²) in [6, 6.07) is 18.9. The molecule has 2 aromatic rings. The zero-order valence-electron chi connectivity index (χ0n) is 16.8. The molecule has 1 amide bonds. The van der Waals surface area contributed by atoms with E-state index in [1.54, 1.807) is 0 Å². The minimum atomic E-state index is 0.313. The van der Waals surface area contributed by atoms with Crippen LogP contribution in [0.3, 0.4) is 0 Å². The van der Waals surface area contributed by atoms with E-state index in [-0.39, 0.29) is 0 Å². The lowest BCUT2D eigenvalue weighted by Gasteiger charge is -2.32. The van der Waals surface area contributed by atoms with Crippen molar-refractivity contribution < 1.29 is 9.53 Å². The SMILES string of the molecule is Cc1ccc(SCCCC(=O)N2CCC(COCc3ccccc3)CC2)cc1. The number of amides is 1. The van der Waals surface area contributed by atoms with Gasteiger partial charge < -0.3 is 9.64 Å². The lowest BCUT2D eigenvalue weighted by molar-refractivity contribution is -0.132. The van der Waals surface area contributed by atoms with E-state index in [0.29, 0.717) is 24.9 Å². The van der Waals surface area contributed by atoms with Crippen molar-refractivity contribution in [2.24, 2.45) is 5.92 Å². The Morgan fingerprint density at radius 3 is 2.50 bits per heavy atom. The van der Waals surface area contributed by atoms with Gasteiger partial charge in [0.2, 0.25) is 5.91 Å². The predicted molar refractivity (Wildman–Crippen MR) is 117 cm³/mol. The number of carbonyl (C=O) groups excluding carboxylic acids is 1. The molecule has 0 spiro atoms. The van der Waals surface area contributed by atoms with Crippen LogP contribution in [0.2, 0.25) is 0 Å². The maximum absolute atomic E-state index is 12.4. The van der Waals surface area contributed by atoms with Gasteiger partial charge in [-0.3, -0.25) is 4.79 Å². The maximum atomic E-state index is 12.4. The zero-order chi connectivity index (χ0) is 19.6. The molecule has 3 nitrogen and oxygen atoms in total. The third-order valence-electron chi connectivity index (χ3n) is 5.26. The molecule has 0 bridgehead atoms. The van der Waals surface area contributed by atoms with Crippen LogP contribution in [0.15, 0.2) is 59.5 Å². The summed E-state index contributed by atoms with van der Waals surface area (Å²) >= 11 is 1.84. The maximum Gasteiger partial charge on any atom is 0.222 e. The standard InChI is InChI=1S/C24H31NO2S/c1-20-9-11-23(12-10-20)28-17-5-8-24(26)25-15-13-22(14-16-25)19-27-18-21-6-3-2-4-7-21/h2-4,6-7,9-12,22H,5,8,13-19H2,1H3. The van der Waals surface area contributed by atoms with E-state index < -0.39 is 0 Å². The Morgan fingerprint density at radius 2 is 1.79 bits per heavy atom. The summed E-state index contributed by atoms with van der Waals surface area (Å²) in [5.74, 6) is 1.89. The summed E-state index contributed by atoms with van der Waals surface area (Å²) in [6.45, 7) is 5.33. The smallest absolute Gasteiger partial charge is 0.222 e. The minimum Gasteiger partial charge on any atom is -0.376 e. The van der Waals surface area contributed by atoms with Crippen LogP contribution in [0.4, 0.5) is 0 Å². The van der Waals surface area contributed by atoms with Gasteiger partial charge in [0, 0.05) is 31.0 Å². The van der Waals surface area contributed by atoms with Gasteiger partial charge in [0.25, 0.3) is 0 Å².